The van der Waals surface area contributed by atoms with Gasteiger partial charge < -0.3 is 5.32 Å². The average Bonchev–Trinajstić information content (AvgIpc) is 2.64. The number of amides is 1. The van der Waals surface area contributed by atoms with E-state index in [1.165, 1.54) is 22.8 Å². The van der Waals surface area contributed by atoms with Crippen LogP contribution < -0.4 is 5.32 Å². The van der Waals surface area contributed by atoms with Crippen LogP contribution in [0.3, 0.4) is 0 Å². The summed E-state index contributed by atoms with van der Waals surface area (Å²) < 4.78 is 26.5. The third-order valence-corrected chi connectivity index (χ3v) is 6.44. The number of anilines is 1. The van der Waals surface area contributed by atoms with Gasteiger partial charge in [-0.1, -0.05) is 23.7 Å². The molecule has 132 valence electrons. The summed E-state index contributed by atoms with van der Waals surface area (Å²) in [5.74, 6) is -0.372. The molecule has 8 heteroatoms. The zero-order chi connectivity index (χ0) is 17.9. The van der Waals surface area contributed by atoms with Crippen LogP contribution in [0.25, 0.3) is 0 Å². The summed E-state index contributed by atoms with van der Waals surface area (Å²) in [5.41, 5.74) is 0.569. The maximum Gasteiger partial charge on any atom is 0.244 e. The number of aromatic nitrogens is 1. The summed E-state index contributed by atoms with van der Waals surface area (Å²) in [5, 5.41) is 3.30. The number of para-hydroxylation sites is 1. The molecule has 0 bridgehead atoms. The molecule has 1 amide bonds. The SMILES string of the molecule is O=C(Nc1ccccc1Cl)C1CCN(S(=O)(=O)c2cccnc2)CC1. The Morgan fingerprint density at radius 2 is 1.88 bits per heavy atom. The van der Waals surface area contributed by atoms with Crippen molar-refractivity contribution in [3.63, 3.8) is 0 Å². The van der Waals surface area contributed by atoms with E-state index in [1.54, 1.807) is 30.3 Å². The van der Waals surface area contributed by atoms with Crippen molar-refractivity contribution in [2.75, 3.05) is 18.4 Å². The average molecular weight is 380 g/mol. The molecule has 0 atom stereocenters. The van der Waals surface area contributed by atoms with Gasteiger partial charge in [0.1, 0.15) is 4.90 Å². The van der Waals surface area contributed by atoms with E-state index in [1.807, 2.05) is 0 Å². The number of pyridine rings is 1. The zero-order valence-corrected chi connectivity index (χ0v) is 15.0. The van der Waals surface area contributed by atoms with Crippen molar-refractivity contribution in [2.24, 2.45) is 5.92 Å². The minimum Gasteiger partial charge on any atom is -0.325 e. The van der Waals surface area contributed by atoms with Gasteiger partial charge >= 0.3 is 0 Å². The normalized spacial score (nSPS) is 16.5. The fraction of sp³-hybridized carbons (Fsp3) is 0.294. The van der Waals surface area contributed by atoms with Crippen LogP contribution >= 0.6 is 11.6 Å². The maximum atomic E-state index is 12.6. The number of benzene rings is 1. The summed E-state index contributed by atoms with van der Waals surface area (Å²) in [7, 11) is -3.56. The molecule has 1 N–H and O–H groups in total. The maximum absolute atomic E-state index is 12.6. The molecule has 3 rings (SSSR count). The molecule has 2 heterocycles. The van der Waals surface area contributed by atoms with E-state index in [4.69, 9.17) is 11.6 Å². The Morgan fingerprint density at radius 1 is 1.16 bits per heavy atom. The topological polar surface area (TPSA) is 79.4 Å². The predicted octanol–water partition coefficient (Wildman–Crippen LogP) is 2.77. The van der Waals surface area contributed by atoms with Crippen molar-refractivity contribution in [3.05, 3.63) is 53.8 Å². The number of sulfonamides is 1. The molecule has 1 fully saturated rings. The molecule has 0 aliphatic carbocycles. The minimum absolute atomic E-state index is 0.133. The summed E-state index contributed by atoms with van der Waals surface area (Å²) in [4.78, 5) is 16.4. The molecule has 6 nitrogen and oxygen atoms in total. The Labute approximate surface area is 151 Å². The number of carbonyl (C=O) groups excluding carboxylic acids is 1. The Hall–Kier alpha value is -1.96. The molecular formula is C17H18ClN3O3S. The second kappa shape index (κ2) is 7.51. The van der Waals surface area contributed by atoms with Crippen LogP contribution in [0, 0.1) is 5.92 Å². The number of carbonyl (C=O) groups is 1. The highest BCUT2D eigenvalue weighted by Crippen LogP contribution is 2.26. The molecule has 25 heavy (non-hydrogen) atoms. The molecule has 1 saturated heterocycles. The van der Waals surface area contributed by atoms with E-state index in [2.05, 4.69) is 10.3 Å². The second-order valence-corrected chi connectivity index (χ2v) is 8.18. The summed E-state index contributed by atoms with van der Waals surface area (Å²) in [6.45, 7) is 0.607. The summed E-state index contributed by atoms with van der Waals surface area (Å²) in [6, 6.07) is 10.2. The van der Waals surface area contributed by atoms with Crippen LogP contribution in [0.15, 0.2) is 53.7 Å². The van der Waals surface area contributed by atoms with Gasteiger partial charge in [0.15, 0.2) is 0 Å². The van der Waals surface area contributed by atoms with E-state index in [0.717, 1.165) is 0 Å². The largest absolute Gasteiger partial charge is 0.325 e. The van der Waals surface area contributed by atoms with E-state index in [-0.39, 0.29) is 16.7 Å². The molecule has 0 radical (unpaired) electrons. The number of hydrogen-bond acceptors (Lipinski definition) is 4. The van der Waals surface area contributed by atoms with Gasteiger partial charge in [0, 0.05) is 31.4 Å². The molecule has 0 spiro atoms. The van der Waals surface area contributed by atoms with Gasteiger partial charge in [0.2, 0.25) is 15.9 Å². The quantitative estimate of drug-likeness (QED) is 0.885. The van der Waals surface area contributed by atoms with Gasteiger partial charge in [0.25, 0.3) is 0 Å². The Morgan fingerprint density at radius 3 is 2.52 bits per heavy atom. The van der Waals surface area contributed by atoms with E-state index in [0.29, 0.717) is 36.6 Å². The van der Waals surface area contributed by atoms with Gasteiger partial charge in [-0.3, -0.25) is 9.78 Å². The number of nitrogens with zero attached hydrogens (tertiary/aromatic N) is 2. The van der Waals surface area contributed by atoms with Crippen molar-refractivity contribution in [1.82, 2.24) is 9.29 Å². The van der Waals surface area contributed by atoms with Crippen molar-refractivity contribution in [3.8, 4) is 0 Å². The number of rotatable bonds is 4. The first-order chi connectivity index (χ1) is 12.0. The minimum atomic E-state index is -3.56. The van der Waals surface area contributed by atoms with Crippen LogP contribution in [-0.4, -0.2) is 36.7 Å². The van der Waals surface area contributed by atoms with Gasteiger partial charge in [-0.05, 0) is 37.1 Å². The highest BCUT2D eigenvalue weighted by molar-refractivity contribution is 7.89. The molecular weight excluding hydrogens is 362 g/mol. The lowest BCUT2D eigenvalue weighted by Crippen LogP contribution is -2.41. The third kappa shape index (κ3) is 4.00. The number of hydrogen-bond donors (Lipinski definition) is 1. The molecule has 2 aromatic rings. The lowest BCUT2D eigenvalue weighted by Gasteiger charge is -2.30. The van der Waals surface area contributed by atoms with Gasteiger partial charge in [0.05, 0.1) is 10.7 Å². The molecule has 1 aliphatic rings. The number of piperidine rings is 1. The van der Waals surface area contributed by atoms with E-state index < -0.39 is 10.0 Å². The second-order valence-electron chi connectivity index (χ2n) is 5.84. The first-order valence-corrected chi connectivity index (χ1v) is 9.76. The fourth-order valence-corrected chi connectivity index (χ4v) is 4.42. The smallest absolute Gasteiger partial charge is 0.244 e. The van der Waals surface area contributed by atoms with Crippen LogP contribution in [0.1, 0.15) is 12.8 Å². The third-order valence-electron chi connectivity index (χ3n) is 4.23. The van der Waals surface area contributed by atoms with Crippen molar-refractivity contribution < 1.29 is 13.2 Å². The van der Waals surface area contributed by atoms with E-state index in [9.17, 15) is 13.2 Å². The van der Waals surface area contributed by atoms with Crippen molar-refractivity contribution in [1.29, 1.82) is 0 Å². The lowest BCUT2D eigenvalue weighted by molar-refractivity contribution is -0.120. The first kappa shape index (κ1) is 17.8. The van der Waals surface area contributed by atoms with Crippen LogP contribution in [-0.2, 0) is 14.8 Å². The number of halogens is 1. The molecule has 1 aromatic carbocycles. The molecule has 1 aromatic heterocycles. The molecule has 1 aliphatic heterocycles. The zero-order valence-electron chi connectivity index (χ0n) is 13.4. The van der Waals surface area contributed by atoms with Gasteiger partial charge in [-0.25, -0.2) is 8.42 Å². The van der Waals surface area contributed by atoms with Crippen LogP contribution in [0.2, 0.25) is 5.02 Å². The van der Waals surface area contributed by atoms with E-state index >= 15 is 0 Å². The lowest BCUT2D eigenvalue weighted by atomic mass is 9.97. The molecule has 0 unspecified atom stereocenters. The first-order valence-electron chi connectivity index (χ1n) is 7.94. The highest BCUT2D eigenvalue weighted by Gasteiger charge is 2.32. The predicted molar refractivity (Wildman–Crippen MR) is 95.8 cm³/mol. The summed E-state index contributed by atoms with van der Waals surface area (Å²) >= 11 is 6.05. The highest BCUT2D eigenvalue weighted by atomic mass is 35.5. The summed E-state index contributed by atoms with van der Waals surface area (Å²) in [6.07, 6.45) is 3.81. The fourth-order valence-electron chi connectivity index (χ4n) is 2.80. The standard InChI is InChI=1S/C17H18ClN3O3S/c18-15-5-1-2-6-16(15)20-17(22)13-7-10-21(11-8-13)25(23,24)14-4-3-9-19-12-14/h1-6,9,12-13H,7-8,10-11H2,(H,20,22). The van der Waals surface area contributed by atoms with Crippen molar-refractivity contribution in [2.45, 2.75) is 17.7 Å². The molecule has 0 saturated carbocycles. The van der Waals surface area contributed by atoms with Gasteiger partial charge in [-0.15, -0.1) is 0 Å². The Bertz CT molecular complexity index is 850. The van der Waals surface area contributed by atoms with Gasteiger partial charge in [-0.2, -0.15) is 4.31 Å². The van der Waals surface area contributed by atoms with Crippen LogP contribution in [0.5, 0.6) is 0 Å². The monoisotopic (exact) mass is 379 g/mol. The van der Waals surface area contributed by atoms with Crippen molar-refractivity contribution >= 4 is 33.2 Å². The number of nitrogens with one attached hydrogen (secondary N) is 1. The van der Waals surface area contributed by atoms with Crippen LogP contribution in [0.4, 0.5) is 5.69 Å². The Kier molecular flexibility index (Phi) is 5.36. The Balaban J connectivity index is 1.62.